The number of pyridine rings is 1. The zero-order valence-electron chi connectivity index (χ0n) is 16.0. The molecular formula is C21H28Cl2FN3O. The number of piperidine rings is 1. The van der Waals surface area contributed by atoms with Crippen LogP contribution >= 0.6 is 24.8 Å². The van der Waals surface area contributed by atoms with E-state index in [1.165, 1.54) is 12.1 Å². The van der Waals surface area contributed by atoms with Crippen molar-refractivity contribution in [3.63, 3.8) is 0 Å². The molecule has 0 aliphatic carbocycles. The van der Waals surface area contributed by atoms with Gasteiger partial charge >= 0.3 is 0 Å². The number of aromatic nitrogens is 1. The number of rotatable bonds is 6. The third-order valence-electron chi connectivity index (χ3n) is 4.94. The number of hydrogen-bond donors (Lipinski definition) is 1. The number of benzene rings is 1. The third kappa shape index (κ3) is 7.04. The predicted molar refractivity (Wildman–Crippen MR) is 114 cm³/mol. The molecule has 154 valence electrons. The lowest BCUT2D eigenvalue weighted by Crippen LogP contribution is -2.44. The number of amides is 1. The average molecular weight is 428 g/mol. The van der Waals surface area contributed by atoms with E-state index in [0.717, 1.165) is 30.6 Å². The van der Waals surface area contributed by atoms with Crippen molar-refractivity contribution >= 4 is 30.7 Å². The van der Waals surface area contributed by atoms with Crippen LogP contribution < -0.4 is 5.32 Å². The van der Waals surface area contributed by atoms with Crippen molar-refractivity contribution in [3.8, 4) is 0 Å². The summed E-state index contributed by atoms with van der Waals surface area (Å²) in [5.41, 5.74) is 1.92. The molecule has 1 aliphatic heterocycles. The Kier molecular flexibility index (Phi) is 10.4. The van der Waals surface area contributed by atoms with Gasteiger partial charge in [0.2, 0.25) is 5.91 Å². The maximum atomic E-state index is 13.2. The molecule has 4 nitrogen and oxygen atoms in total. The summed E-state index contributed by atoms with van der Waals surface area (Å²) < 4.78 is 13.2. The first-order valence-corrected chi connectivity index (χ1v) is 9.28. The highest BCUT2D eigenvalue weighted by Crippen LogP contribution is 2.20. The molecule has 1 N–H and O–H groups in total. The highest BCUT2D eigenvalue weighted by molar-refractivity contribution is 5.85. The Morgan fingerprint density at radius 3 is 2.61 bits per heavy atom. The van der Waals surface area contributed by atoms with Crippen molar-refractivity contribution < 1.29 is 9.18 Å². The lowest BCUT2D eigenvalue weighted by Gasteiger charge is -2.32. The van der Waals surface area contributed by atoms with Crippen LogP contribution in [0.2, 0.25) is 0 Å². The Labute approximate surface area is 178 Å². The van der Waals surface area contributed by atoms with Crippen molar-refractivity contribution in [1.29, 1.82) is 0 Å². The second-order valence-electron chi connectivity index (χ2n) is 7.03. The van der Waals surface area contributed by atoms with E-state index in [-0.39, 0.29) is 42.5 Å². The molecule has 2 aromatic rings. The van der Waals surface area contributed by atoms with Crippen molar-refractivity contribution in [3.05, 3.63) is 65.7 Å². The van der Waals surface area contributed by atoms with Gasteiger partial charge in [0.05, 0.1) is 0 Å². The summed E-state index contributed by atoms with van der Waals surface area (Å²) in [5, 5.41) is 3.40. The summed E-state index contributed by atoms with van der Waals surface area (Å²) >= 11 is 0. The number of carbonyl (C=O) groups excluding carboxylic acids is 1. The Morgan fingerprint density at radius 1 is 1.21 bits per heavy atom. The molecule has 28 heavy (non-hydrogen) atoms. The van der Waals surface area contributed by atoms with Gasteiger partial charge in [-0.1, -0.05) is 18.2 Å². The van der Waals surface area contributed by atoms with Crippen LogP contribution in [0, 0.1) is 11.7 Å². The van der Waals surface area contributed by atoms with E-state index in [4.69, 9.17) is 0 Å². The average Bonchev–Trinajstić information content (AvgIpc) is 2.67. The molecule has 1 aromatic heterocycles. The van der Waals surface area contributed by atoms with Crippen molar-refractivity contribution in [2.45, 2.75) is 38.8 Å². The first-order valence-electron chi connectivity index (χ1n) is 9.28. The molecule has 3 rings (SSSR count). The molecule has 0 spiro atoms. The van der Waals surface area contributed by atoms with Gasteiger partial charge in [-0.3, -0.25) is 9.78 Å². The molecule has 0 radical (unpaired) electrons. The fourth-order valence-electron chi connectivity index (χ4n) is 3.49. The molecule has 1 amide bonds. The molecular weight excluding hydrogens is 400 g/mol. The maximum absolute atomic E-state index is 13.2. The van der Waals surface area contributed by atoms with Gasteiger partial charge in [0, 0.05) is 43.4 Å². The molecule has 0 saturated carbocycles. The van der Waals surface area contributed by atoms with Gasteiger partial charge in [0.25, 0.3) is 0 Å². The molecule has 1 saturated heterocycles. The zero-order valence-corrected chi connectivity index (χ0v) is 17.6. The number of nitrogens with one attached hydrogen (secondary N) is 1. The zero-order chi connectivity index (χ0) is 18.4. The van der Waals surface area contributed by atoms with Crippen molar-refractivity contribution in [2.24, 2.45) is 5.92 Å². The summed E-state index contributed by atoms with van der Waals surface area (Å²) in [5.74, 6) is -0.0127. The summed E-state index contributed by atoms with van der Waals surface area (Å²) in [6, 6.07) is 12.6. The molecule has 1 fully saturated rings. The Bertz CT molecular complexity index is 715. The van der Waals surface area contributed by atoms with Gasteiger partial charge in [-0.25, -0.2) is 4.39 Å². The van der Waals surface area contributed by atoms with Crippen LogP contribution in [0.25, 0.3) is 0 Å². The fraction of sp³-hybridized carbons (Fsp3) is 0.429. The van der Waals surface area contributed by atoms with Crippen molar-refractivity contribution in [2.75, 3.05) is 13.1 Å². The van der Waals surface area contributed by atoms with E-state index < -0.39 is 0 Å². The summed E-state index contributed by atoms with van der Waals surface area (Å²) in [7, 11) is 0. The summed E-state index contributed by atoms with van der Waals surface area (Å²) in [4.78, 5) is 19.4. The lowest BCUT2D eigenvalue weighted by atomic mass is 9.91. The molecule has 0 bridgehead atoms. The first-order chi connectivity index (χ1) is 12.6. The molecule has 1 aromatic carbocycles. The van der Waals surface area contributed by atoms with Gasteiger partial charge in [0.15, 0.2) is 0 Å². The van der Waals surface area contributed by atoms with E-state index in [2.05, 4.69) is 17.2 Å². The van der Waals surface area contributed by atoms with E-state index >= 15 is 0 Å². The number of halogens is 3. The quantitative estimate of drug-likeness (QED) is 0.756. The highest BCUT2D eigenvalue weighted by Gasteiger charge is 2.28. The minimum absolute atomic E-state index is 0. The first kappa shape index (κ1) is 24.3. The van der Waals surface area contributed by atoms with Crippen LogP contribution in [0.4, 0.5) is 4.39 Å². The minimum atomic E-state index is -0.257. The largest absolute Gasteiger partial charge is 0.338 e. The molecule has 2 atom stereocenters. The second-order valence-corrected chi connectivity index (χ2v) is 7.03. The van der Waals surface area contributed by atoms with Crippen LogP contribution in [0.3, 0.4) is 0 Å². The van der Waals surface area contributed by atoms with Gasteiger partial charge in [-0.2, -0.15) is 0 Å². The Morgan fingerprint density at radius 2 is 1.96 bits per heavy atom. The van der Waals surface area contributed by atoms with Gasteiger partial charge in [0.1, 0.15) is 5.82 Å². The number of carbonyl (C=O) groups is 1. The number of nitrogens with zero attached hydrogens (tertiary/aromatic N) is 2. The Hall–Kier alpha value is -1.69. The smallest absolute Gasteiger partial charge is 0.226 e. The Balaban J connectivity index is 0.00000196. The predicted octanol–water partition coefficient (Wildman–Crippen LogP) is 4.02. The third-order valence-corrected chi connectivity index (χ3v) is 4.94. The second kappa shape index (κ2) is 12.0. The molecule has 0 unspecified atom stereocenters. The molecule has 2 heterocycles. The van der Waals surface area contributed by atoms with Gasteiger partial charge < -0.3 is 10.2 Å². The fourth-order valence-corrected chi connectivity index (χ4v) is 3.49. The molecule has 7 heteroatoms. The highest BCUT2D eigenvalue weighted by atomic mass is 35.5. The van der Waals surface area contributed by atoms with Gasteiger partial charge in [-0.05, 0) is 56.1 Å². The standard InChI is InChI=1S/C21H26FN3O.2ClH/c1-16-14-18(9-12-23-16)21(26)25(13-10-20-4-2-3-11-24-20)15-17-5-7-19(22)8-6-17;;/h2-8,11,16,18,23H,9-10,12-15H2,1H3;2*1H/t16-,18-;;/m0../s1. The monoisotopic (exact) mass is 427 g/mol. The van der Waals surface area contributed by atoms with Crippen LogP contribution in [-0.2, 0) is 17.8 Å². The topological polar surface area (TPSA) is 45.2 Å². The van der Waals surface area contributed by atoms with Crippen LogP contribution in [-0.4, -0.2) is 34.9 Å². The molecule has 1 aliphatic rings. The van der Waals surface area contributed by atoms with Crippen LogP contribution in [0.5, 0.6) is 0 Å². The minimum Gasteiger partial charge on any atom is -0.338 e. The summed E-state index contributed by atoms with van der Waals surface area (Å²) in [6.07, 6.45) is 4.22. The van der Waals surface area contributed by atoms with E-state index in [1.807, 2.05) is 23.1 Å². The van der Waals surface area contributed by atoms with E-state index in [1.54, 1.807) is 18.3 Å². The normalized spacial score (nSPS) is 18.5. The van der Waals surface area contributed by atoms with E-state index in [9.17, 15) is 9.18 Å². The SMILES string of the molecule is C[C@H]1C[C@@H](C(=O)N(CCc2ccccn2)Cc2ccc(F)cc2)CCN1.Cl.Cl. The maximum Gasteiger partial charge on any atom is 0.226 e. The summed E-state index contributed by atoms with van der Waals surface area (Å²) in [6.45, 7) is 4.12. The van der Waals surface area contributed by atoms with Crippen LogP contribution in [0.1, 0.15) is 31.0 Å². The van der Waals surface area contributed by atoms with Crippen molar-refractivity contribution in [1.82, 2.24) is 15.2 Å². The van der Waals surface area contributed by atoms with Gasteiger partial charge in [-0.15, -0.1) is 24.8 Å². The number of hydrogen-bond acceptors (Lipinski definition) is 3. The van der Waals surface area contributed by atoms with Crippen LogP contribution in [0.15, 0.2) is 48.7 Å². The van der Waals surface area contributed by atoms with E-state index in [0.29, 0.717) is 25.6 Å². The lowest BCUT2D eigenvalue weighted by molar-refractivity contribution is -0.137.